The molecule has 0 aliphatic carbocycles. The van der Waals surface area contributed by atoms with Crippen LogP contribution < -0.4 is 0 Å². The van der Waals surface area contributed by atoms with Gasteiger partial charge in [-0.2, -0.15) is 4.31 Å². The molecule has 1 aliphatic rings. The first-order valence-electron chi connectivity index (χ1n) is 9.54. The largest absolute Gasteiger partial charge is 0.441 e. The van der Waals surface area contributed by atoms with E-state index in [1.54, 1.807) is 0 Å². The molecular formula is C21H21Cl2N3O3S. The minimum Gasteiger partial charge on any atom is -0.441 e. The predicted octanol–water partition coefficient (Wildman–Crippen LogP) is 4.46. The molecule has 0 radical (unpaired) electrons. The van der Waals surface area contributed by atoms with Gasteiger partial charge in [-0.25, -0.2) is 13.4 Å². The minimum atomic E-state index is -3.61. The fraction of sp³-hybridized carbons (Fsp3) is 0.286. The molecule has 30 heavy (non-hydrogen) atoms. The smallest absolute Gasteiger partial charge is 0.243 e. The van der Waals surface area contributed by atoms with Crippen molar-refractivity contribution < 1.29 is 12.8 Å². The molecule has 3 aromatic rings. The number of oxazole rings is 1. The van der Waals surface area contributed by atoms with Crippen LogP contribution in [0.5, 0.6) is 0 Å². The highest BCUT2D eigenvalue weighted by molar-refractivity contribution is 7.89. The van der Waals surface area contributed by atoms with Gasteiger partial charge in [-0.15, -0.1) is 0 Å². The van der Waals surface area contributed by atoms with Gasteiger partial charge in [0.25, 0.3) is 0 Å². The van der Waals surface area contributed by atoms with Crippen molar-refractivity contribution in [2.24, 2.45) is 0 Å². The summed E-state index contributed by atoms with van der Waals surface area (Å²) in [7, 11) is -3.61. The molecule has 1 fully saturated rings. The second-order valence-corrected chi connectivity index (χ2v) is 9.90. The van der Waals surface area contributed by atoms with Crippen LogP contribution in [0.2, 0.25) is 10.0 Å². The van der Waals surface area contributed by atoms with Gasteiger partial charge in [-0.1, -0.05) is 41.4 Å². The number of aryl methyl sites for hydroxylation is 1. The van der Waals surface area contributed by atoms with Crippen LogP contribution >= 0.6 is 23.2 Å². The third-order valence-corrected chi connectivity index (χ3v) is 7.78. The summed E-state index contributed by atoms with van der Waals surface area (Å²) < 4.78 is 33.1. The van der Waals surface area contributed by atoms with E-state index in [0.717, 1.165) is 17.0 Å². The van der Waals surface area contributed by atoms with E-state index in [1.165, 1.54) is 22.5 Å². The highest BCUT2D eigenvalue weighted by Gasteiger charge is 2.29. The molecule has 1 aromatic heterocycles. The van der Waals surface area contributed by atoms with Gasteiger partial charge in [0, 0.05) is 38.3 Å². The zero-order valence-electron chi connectivity index (χ0n) is 16.4. The summed E-state index contributed by atoms with van der Waals surface area (Å²) in [5, 5.41) is 0.561. The summed E-state index contributed by atoms with van der Waals surface area (Å²) in [6, 6.07) is 14.2. The normalized spacial score (nSPS) is 16.1. The van der Waals surface area contributed by atoms with Crippen molar-refractivity contribution in [2.75, 3.05) is 26.2 Å². The Morgan fingerprint density at radius 3 is 2.37 bits per heavy atom. The van der Waals surface area contributed by atoms with Gasteiger partial charge in [0.15, 0.2) is 0 Å². The summed E-state index contributed by atoms with van der Waals surface area (Å²) in [6.07, 6.45) is 0. The van der Waals surface area contributed by atoms with Crippen molar-refractivity contribution in [1.82, 2.24) is 14.2 Å². The Bertz CT molecular complexity index is 1140. The van der Waals surface area contributed by atoms with Crippen molar-refractivity contribution in [3.8, 4) is 11.5 Å². The molecule has 0 saturated carbocycles. The molecule has 1 saturated heterocycles. The molecule has 2 heterocycles. The Morgan fingerprint density at radius 2 is 1.70 bits per heavy atom. The number of sulfonamides is 1. The molecular weight excluding hydrogens is 445 g/mol. The van der Waals surface area contributed by atoms with Gasteiger partial charge < -0.3 is 4.42 Å². The molecule has 0 bridgehead atoms. The molecule has 9 heteroatoms. The lowest BCUT2D eigenvalue weighted by molar-refractivity contribution is 0.179. The summed E-state index contributed by atoms with van der Waals surface area (Å²) in [4.78, 5) is 6.98. The third-order valence-electron chi connectivity index (χ3n) is 5.15. The second-order valence-electron chi connectivity index (χ2n) is 7.14. The topological polar surface area (TPSA) is 66.7 Å². The number of rotatable bonds is 5. The molecule has 2 aromatic carbocycles. The van der Waals surface area contributed by atoms with E-state index in [1.807, 2.05) is 37.3 Å². The number of piperazine rings is 1. The summed E-state index contributed by atoms with van der Waals surface area (Å²) in [5.41, 5.74) is 1.80. The number of aromatic nitrogens is 1. The second kappa shape index (κ2) is 8.69. The molecule has 158 valence electrons. The minimum absolute atomic E-state index is 0.158. The molecule has 0 N–H and O–H groups in total. The van der Waals surface area contributed by atoms with Gasteiger partial charge in [0.05, 0.1) is 20.6 Å². The molecule has 0 spiro atoms. The van der Waals surface area contributed by atoms with E-state index in [9.17, 15) is 8.42 Å². The van der Waals surface area contributed by atoms with E-state index in [-0.39, 0.29) is 9.92 Å². The average Bonchev–Trinajstić information content (AvgIpc) is 3.11. The van der Waals surface area contributed by atoms with Gasteiger partial charge in [0.2, 0.25) is 15.9 Å². The Morgan fingerprint density at radius 1 is 1.00 bits per heavy atom. The molecule has 0 unspecified atom stereocenters. The lowest BCUT2D eigenvalue weighted by Gasteiger charge is -2.33. The number of benzene rings is 2. The van der Waals surface area contributed by atoms with Gasteiger partial charge in [0.1, 0.15) is 5.76 Å². The predicted molar refractivity (Wildman–Crippen MR) is 117 cm³/mol. The lowest BCUT2D eigenvalue weighted by Crippen LogP contribution is -2.48. The SMILES string of the molecule is Cc1oc(-c2ccccc2)nc1CN1CCN(S(=O)(=O)c2ccc(Cl)c(Cl)c2)CC1. The van der Waals surface area contributed by atoms with E-state index >= 15 is 0 Å². The lowest BCUT2D eigenvalue weighted by atomic mass is 10.2. The summed E-state index contributed by atoms with van der Waals surface area (Å²) in [6.45, 7) is 4.51. The number of halogens is 2. The van der Waals surface area contributed by atoms with Crippen molar-refractivity contribution in [2.45, 2.75) is 18.4 Å². The van der Waals surface area contributed by atoms with Crippen molar-refractivity contribution in [3.05, 3.63) is 70.0 Å². The number of hydrogen-bond donors (Lipinski definition) is 0. The fourth-order valence-corrected chi connectivity index (χ4v) is 5.22. The maximum absolute atomic E-state index is 12.9. The number of nitrogens with zero attached hydrogens (tertiary/aromatic N) is 3. The van der Waals surface area contributed by atoms with Crippen LogP contribution in [-0.4, -0.2) is 48.8 Å². The standard InChI is InChI=1S/C21H21Cl2N3O3S/c1-15-20(24-21(29-15)16-5-3-2-4-6-16)14-25-9-11-26(12-10-25)30(27,28)17-7-8-18(22)19(23)13-17/h2-8,13H,9-12,14H2,1H3. The maximum Gasteiger partial charge on any atom is 0.243 e. The monoisotopic (exact) mass is 465 g/mol. The quantitative estimate of drug-likeness (QED) is 0.556. The van der Waals surface area contributed by atoms with Gasteiger partial charge in [-0.3, -0.25) is 4.90 Å². The highest BCUT2D eigenvalue weighted by atomic mass is 35.5. The summed E-state index contributed by atoms with van der Waals surface area (Å²) >= 11 is 11.9. The van der Waals surface area contributed by atoms with E-state index in [4.69, 9.17) is 27.6 Å². The maximum atomic E-state index is 12.9. The Kier molecular flexibility index (Phi) is 6.18. The van der Waals surface area contributed by atoms with E-state index in [2.05, 4.69) is 9.88 Å². The number of hydrogen-bond acceptors (Lipinski definition) is 5. The van der Waals surface area contributed by atoms with Crippen molar-refractivity contribution in [3.63, 3.8) is 0 Å². The third kappa shape index (κ3) is 4.40. The Hall–Kier alpha value is -1.90. The molecule has 4 rings (SSSR count). The molecule has 6 nitrogen and oxygen atoms in total. The van der Waals surface area contributed by atoms with Crippen LogP contribution in [0, 0.1) is 6.92 Å². The first-order chi connectivity index (χ1) is 14.3. The van der Waals surface area contributed by atoms with Crippen molar-refractivity contribution >= 4 is 33.2 Å². The van der Waals surface area contributed by atoms with Crippen LogP contribution in [0.4, 0.5) is 0 Å². The first kappa shape index (κ1) is 21.3. The Labute approximate surface area is 186 Å². The molecule has 1 aliphatic heterocycles. The molecule has 0 amide bonds. The average molecular weight is 466 g/mol. The van der Waals surface area contributed by atoms with Crippen LogP contribution in [0.15, 0.2) is 57.8 Å². The van der Waals surface area contributed by atoms with Crippen LogP contribution in [-0.2, 0) is 16.6 Å². The van der Waals surface area contributed by atoms with Gasteiger partial charge >= 0.3 is 0 Å². The Balaban J connectivity index is 1.41. The van der Waals surface area contributed by atoms with E-state index < -0.39 is 10.0 Å². The van der Waals surface area contributed by atoms with Crippen molar-refractivity contribution in [1.29, 1.82) is 0 Å². The van der Waals surface area contributed by atoms with E-state index in [0.29, 0.717) is 43.6 Å². The van der Waals surface area contributed by atoms with Crippen LogP contribution in [0.1, 0.15) is 11.5 Å². The zero-order chi connectivity index (χ0) is 21.3. The first-order valence-corrected chi connectivity index (χ1v) is 11.7. The summed E-state index contributed by atoms with van der Waals surface area (Å²) in [5.74, 6) is 1.38. The van der Waals surface area contributed by atoms with Crippen LogP contribution in [0.25, 0.3) is 11.5 Å². The van der Waals surface area contributed by atoms with Gasteiger partial charge in [-0.05, 0) is 37.3 Å². The fourth-order valence-electron chi connectivity index (χ4n) is 3.41. The highest BCUT2D eigenvalue weighted by Crippen LogP contribution is 2.27. The molecule has 0 atom stereocenters. The van der Waals surface area contributed by atoms with Crippen LogP contribution in [0.3, 0.4) is 0 Å². The zero-order valence-corrected chi connectivity index (χ0v) is 18.7.